The molecule has 118 valence electrons. The van der Waals surface area contributed by atoms with Crippen LogP contribution >= 0.6 is 11.3 Å². The Labute approximate surface area is 131 Å². The van der Waals surface area contributed by atoms with E-state index in [1.54, 1.807) is 5.51 Å². The van der Waals surface area contributed by atoms with Crippen LogP contribution < -0.4 is 5.32 Å². The van der Waals surface area contributed by atoms with E-state index < -0.39 is 0 Å². The minimum Gasteiger partial charge on any atom is -0.461 e. The van der Waals surface area contributed by atoms with Crippen LogP contribution in [0.2, 0.25) is 0 Å². The molecule has 0 spiro atoms. The standard InChI is InChI=1S/C16H26N2O2S/c1-6-20-14(19)12-13(21-10-17-12)18-11-7-15(2,3)9-16(4,5)8-11/h10-11,18H,6-9H2,1-5H3. The summed E-state index contributed by atoms with van der Waals surface area (Å²) in [7, 11) is 0. The lowest BCUT2D eigenvalue weighted by Gasteiger charge is -2.45. The molecule has 21 heavy (non-hydrogen) atoms. The number of nitrogens with zero attached hydrogens (tertiary/aromatic N) is 1. The Bertz CT molecular complexity index is 492. The molecular formula is C16H26N2O2S. The van der Waals surface area contributed by atoms with Crippen LogP contribution in [-0.4, -0.2) is 23.6 Å². The van der Waals surface area contributed by atoms with Crippen LogP contribution in [0.5, 0.6) is 0 Å². The molecule has 0 radical (unpaired) electrons. The van der Waals surface area contributed by atoms with Gasteiger partial charge in [-0.25, -0.2) is 9.78 Å². The molecule has 4 nitrogen and oxygen atoms in total. The molecular weight excluding hydrogens is 284 g/mol. The van der Waals surface area contributed by atoms with Crippen molar-refractivity contribution in [2.75, 3.05) is 11.9 Å². The molecule has 0 atom stereocenters. The molecule has 0 aliphatic heterocycles. The first kappa shape index (κ1) is 16.3. The van der Waals surface area contributed by atoms with Crippen LogP contribution in [0, 0.1) is 10.8 Å². The number of hydrogen-bond donors (Lipinski definition) is 1. The van der Waals surface area contributed by atoms with Gasteiger partial charge in [0.15, 0.2) is 5.69 Å². The van der Waals surface area contributed by atoms with Crippen molar-refractivity contribution in [1.82, 2.24) is 4.98 Å². The number of carbonyl (C=O) groups excluding carboxylic acids is 1. The van der Waals surface area contributed by atoms with Crippen molar-refractivity contribution in [1.29, 1.82) is 0 Å². The van der Waals surface area contributed by atoms with E-state index in [9.17, 15) is 4.79 Å². The number of aromatic nitrogens is 1. The first-order valence-electron chi connectivity index (χ1n) is 7.60. The summed E-state index contributed by atoms with van der Waals surface area (Å²) in [5.41, 5.74) is 2.75. The maximum Gasteiger partial charge on any atom is 0.360 e. The number of thiazole rings is 1. The number of hydrogen-bond acceptors (Lipinski definition) is 5. The van der Waals surface area contributed by atoms with Crippen molar-refractivity contribution in [3.8, 4) is 0 Å². The Balaban J connectivity index is 2.11. The van der Waals surface area contributed by atoms with E-state index in [1.807, 2.05) is 6.92 Å². The number of carbonyl (C=O) groups is 1. The lowest BCUT2D eigenvalue weighted by Crippen LogP contribution is -2.40. The molecule has 0 saturated heterocycles. The summed E-state index contributed by atoms with van der Waals surface area (Å²) in [5, 5.41) is 4.37. The topological polar surface area (TPSA) is 51.2 Å². The third kappa shape index (κ3) is 4.19. The van der Waals surface area contributed by atoms with Gasteiger partial charge in [0.2, 0.25) is 0 Å². The van der Waals surface area contributed by atoms with E-state index in [2.05, 4.69) is 38.0 Å². The van der Waals surface area contributed by atoms with Crippen LogP contribution in [0.4, 0.5) is 5.00 Å². The summed E-state index contributed by atoms with van der Waals surface area (Å²) >= 11 is 1.47. The molecule has 1 heterocycles. The van der Waals surface area contributed by atoms with Gasteiger partial charge in [0.1, 0.15) is 5.00 Å². The molecule has 0 amide bonds. The third-order valence-corrected chi connectivity index (χ3v) is 4.68. The van der Waals surface area contributed by atoms with Gasteiger partial charge in [-0.3, -0.25) is 0 Å². The van der Waals surface area contributed by atoms with Gasteiger partial charge in [-0.05, 0) is 37.0 Å². The van der Waals surface area contributed by atoms with Gasteiger partial charge in [-0.15, -0.1) is 11.3 Å². The van der Waals surface area contributed by atoms with E-state index in [4.69, 9.17) is 4.74 Å². The van der Waals surface area contributed by atoms with Crippen LogP contribution in [0.3, 0.4) is 0 Å². The lowest BCUT2D eigenvalue weighted by atomic mass is 9.63. The van der Waals surface area contributed by atoms with Gasteiger partial charge in [-0.1, -0.05) is 27.7 Å². The van der Waals surface area contributed by atoms with Gasteiger partial charge in [0, 0.05) is 6.04 Å². The van der Waals surface area contributed by atoms with Gasteiger partial charge in [0.05, 0.1) is 12.1 Å². The third-order valence-electron chi connectivity index (χ3n) is 3.93. The van der Waals surface area contributed by atoms with Crippen molar-refractivity contribution in [3.05, 3.63) is 11.2 Å². The summed E-state index contributed by atoms with van der Waals surface area (Å²) in [4.78, 5) is 16.1. The van der Waals surface area contributed by atoms with Crippen molar-refractivity contribution in [2.45, 2.75) is 59.9 Å². The van der Waals surface area contributed by atoms with Crippen LogP contribution in [0.1, 0.15) is 64.4 Å². The second-order valence-corrected chi connectivity index (χ2v) is 8.36. The molecule has 1 saturated carbocycles. The maximum absolute atomic E-state index is 11.9. The quantitative estimate of drug-likeness (QED) is 0.841. The molecule has 1 aromatic heterocycles. The summed E-state index contributed by atoms with van der Waals surface area (Å²) in [5.74, 6) is -0.337. The summed E-state index contributed by atoms with van der Waals surface area (Å²) in [6.07, 6.45) is 3.44. The molecule has 5 heteroatoms. The zero-order valence-corrected chi connectivity index (χ0v) is 14.5. The fraction of sp³-hybridized carbons (Fsp3) is 0.750. The highest BCUT2D eigenvalue weighted by Gasteiger charge is 2.38. The lowest BCUT2D eigenvalue weighted by molar-refractivity contribution is 0.0521. The van der Waals surface area contributed by atoms with Crippen LogP contribution in [0.15, 0.2) is 5.51 Å². The predicted octanol–water partition coefficient (Wildman–Crippen LogP) is 4.34. The smallest absolute Gasteiger partial charge is 0.360 e. The van der Waals surface area contributed by atoms with Crippen molar-refractivity contribution < 1.29 is 9.53 Å². The van der Waals surface area contributed by atoms with E-state index in [-0.39, 0.29) is 5.97 Å². The molecule has 1 N–H and O–H groups in total. The molecule has 1 aliphatic rings. The number of ether oxygens (including phenoxy) is 1. The Morgan fingerprint density at radius 1 is 1.38 bits per heavy atom. The summed E-state index contributed by atoms with van der Waals surface area (Å²) < 4.78 is 5.06. The Hall–Kier alpha value is -1.10. The second kappa shape index (κ2) is 5.95. The van der Waals surface area contributed by atoms with Gasteiger partial charge >= 0.3 is 5.97 Å². The Morgan fingerprint density at radius 2 is 2.00 bits per heavy atom. The highest BCUT2D eigenvalue weighted by molar-refractivity contribution is 7.14. The SMILES string of the molecule is CCOC(=O)c1ncsc1NC1CC(C)(C)CC(C)(C)C1. The fourth-order valence-electron chi connectivity index (χ4n) is 3.83. The Morgan fingerprint density at radius 3 is 2.57 bits per heavy atom. The zero-order valence-electron chi connectivity index (χ0n) is 13.7. The highest BCUT2D eigenvalue weighted by Crippen LogP contribution is 2.46. The Kier molecular flexibility index (Phi) is 4.61. The normalized spacial score (nSPS) is 21.0. The molecule has 0 unspecified atom stereocenters. The summed E-state index contributed by atoms with van der Waals surface area (Å²) in [6, 6.07) is 0.373. The molecule has 1 aliphatic carbocycles. The largest absolute Gasteiger partial charge is 0.461 e. The molecule has 0 bridgehead atoms. The average molecular weight is 310 g/mol. The predicted molar refractivity (Wildman–Crippen MR) is 86.9 cm³/mol. The molecule has 1 aromatic rings. The zero-order chi connectivity index (χ0) is 15.7. The minimum absolute atomic E-state index is 0.314. The average Bonchev–Trinajstić information content (AvgIpc) is 2.72. The monoisotopic (exact) mass is 310 g/mol. The van der Waals surface area contributed by atoms with E-state index in [0.29, 0.717) is 29.2 Å². The van der Waals surface area contributed by atoms with Gasteiger partial charge in [-0.2, -0.15) is 0 Å². The number of anilines is 1. The fourth-order valence-corrected chi connectivity index (χ4v) is 4.57. The van der Waals surface area contributed by atoms with E-state index >= 15 is 0 Å². The minimum atomic E-state index is -0.337. The maximum atomic E-state index is 11.9. The van der Waals surface area contributed by atoms with E-state index in [0.717, 1.165) is 17.8 Å². The first-order chi connectivity index (χ1) is 9.72. The highest BCUT2D eigenvalue weighted by atomic mass is 32.1. The van der Waals surface area contributed by atoms with Crippen LogP contribution in [-0.2, 0) is 4.74 Å². The number of rotatable bonds is 4. The van der Waals surface area contributed by atoms with Crippen LogP contribution in [0.25, 0.3) is 0 Å². The van der Waals surface area contributed by atoms with Crippen molar-refractivity contribution in [3.63, 3.8) is 0 Å². The first-order valence-corrected chi connectivity index (χ1v) is 8.47. The van der Waals surface area contributed by atoms with Crippen molar-refractivity contribution >= 4 is 22.3 Å². The van der Waals surface area contributed by atoms with Gasteiger partial charge < -0.3 is 10.1 Å². The molecule has 2 rings (SSSR count). The van der Waals surface area contributed by atoms with E-state index in [1.165, 1.54) is 17.8 Å². The molecule has 0 aromatic carbocycles. The van der Waals surface area contributed by atoms with Gasteiger partial charge in [0.25, 0.3) is 0 Å². The number of esters is 1. The second-order valence-electron chi connectivity index (χ2n) is 7.51. The number of nitrogens with one attached hydrogen (secondary N) is 1. The molecule has 1 fully saturated rings. The van der Waals surface area contributed by atoms with Crippen molar-refractivity contribution in [2.24, 2.45) is 10.8 Å². The summed E-state index contributed by atoms with van der Waals surface area (Å²) in [6.45, 7) is 11.5.